The van der Waals surface area contributed by atoms with Crippen LogP contribution in [0.25, 0.3) is 0 Å². The van der Waals surface area contributed by atoms with E-state index in [-0.39, 0.29) is 12.7 Å². The van der Waals surface area contributed by atoms with Crippen LogP contribution in [-0.2, 0) is 11.3 Å². The smallest absolute Gasteiger partial charge is 0.410 e. The molecule has 0 bridgehead atoms. The molecule has 0 aromatic carbocycles. The van der Waals surface area contributed by atoms with Gasteiger partial charge in [-0.1, -0.05) is 6.92 Å². The molecule has 1 amide bonds. The van der Waals surface area contributed by atoms with E-state index in [0.717, 1.165) is 29.7 Å². The molecular formula is C16H26BrN3O3. The Morgan fingerprint density at radius 2 is 2.13 bits per heavy atom. The van der Waals surface area contributed by atoms with Crippen molar-refractivity contribution in [3.8, 4) is 0 Å². The largest absolute Gasteiger partial charge is 0.443 e. The number of aliphatic hydroxyl groups is 1. The van der Waals surface area contributed by atoms with Crippen LogP contribution in [0.15, 0.2) is 10.8 Å². The number of carbonyl (C=O) groups excluding carboxylic acids is 1. The predicted octanol–water partition coefficient (Wildman–Crippen LogP) is 3.14. The van der Waals surface area contributed by atoms with Gasteiger partial charge in [-0.05, 0) is 49.0 Å². The van der Waals surface area contributed by atoms with Gasteiger partial charge in [-0.25, -0.2) is 9.78 Å². The molecule has 1 aromatic rings. The van der Waals surface area contributed by atoms with Crippen LogP contribution in [0.5, 0.6) is 0 Å². The lowest BCUT2D eigenvalue weighted by atomic mass is 9.96. The molecule has 23 heavy (non-hydrogen) atoms. The molecule has 1 fully saturated rings. The topological polar surface area (TPSA) is 67.6 Å². The third-order valence-electron chi connectivity index (χ3n) is 4.45. The Morgan fingerprint density at radius 1 is 1.48 bits per heavy atom. The van der Waals surface area contributed by atoms with Gasteiger partial charge in [0.1, 0.15) is 16.0 Å². The van der Waals surface area contributed by atoms with Crippen molar-refractivity contribution in [2.75, 3.05) is 19.7 Å². The number of aromatic nitrogens is 2. The minimum Gasteiger partial charge on any atom is -0.443 e. The van der Waals surface area contributed by atoms with E-state index in [1.165, 1.54) is 0 Å². The first-order valence-electron chi connectivity index (χ1n) is 8.17. The van der Waals surface area contributed by atoms with Crippen LogP contribution in [0.4, 0.5) is 4.79 Å². The van der Waals surface area contributed by atoms with Crippen molar-refractivity contribution >= 4 is 22.0 Å². The third-order valence-corrected chi connectivity index (χ3v) is 4.83. The number of halogens is 1. The van der Waals surface area contributed by atoms with Crippen LogP contribution in [0.3, 0.4) is 0 Å². The summed E-state index contributed by atoms with van der Waals surface area (Å²) < 4.78 is 8.33. The van der Waals surface area contributed by atoms with E-state index in [4.69, 9.17) is 9.84 Å². The average molecular weight is 388 g/mol. The van der Waals surface area contributed by atoms with Crippen molar-refractivity contribution in [3.05, 3.63) is 16.6 Å². The van der Waals surface area contributed by atoms with Gasteiger partial charge < -0.3 is 19.3 Å². The van der Waals surface area contributed by atoms with Crippen molar-refractivity contribution in [1.82, 2.24) is 14.5 Å². The number of rotatable bonds is 5. The Bertz CT molecular complexity index is 537. The van der Waals surface area contributed by atoms with Gasteiger partial charge in [0.2, 0.25) is 0 Å². The SMILES string of the molecule is CCC(C)(C)OC(=O)N1CCC(c2nc(Br)cn2CCO)CC1. The van der Waals surface area contributed by atoms with Gasteiger partial charge in [0, 0.05) is 31.7 Å². The number of nitrogens with zero attached hydrogens (tertiary/aromatic N) is 3. The number of amides is 1. The van der Waals surface area contributed by atoms with Crippen molar-refractivity contribution in [1.29, 1.82) is 0 Å². The van der Waals surface area contributed by atoms with Gasteiger partial charge in [-0.15, -0.1) is 0 Å². The molecule has 0 aliphatic carbocycles. The Kier molecular flexibility index (Phi) is 6.08. The first-order valence-corrected chi connectivity index (χ1v) is 8.97. The average Bonchev–Trinajstić information content (AvgIpc) is 2.88. The van der Waals surface area contributed by atoms with Crippen LogP contribution in [-0.4, -0.2) is 50.9 Å². The van der Waals surface area contributed by atoms with Crippen LogP contribution in [0.1, 0.15) is 51.8 Å². The molecule has 1 saturated heterocycles. The number of piperidine rings is 1. The van der Waals surface area contributed by atoms with Gasteiger partial charge >= 0.3 is 6.09 Å². The summed E-state index contributed by atoms with van der Waals surface area (Å²) in [6.45, 7) is 7.86. The molecule has 1 aromatic heterocycles. The summed E-state index contributed by atoms with van der Waals surface area (Å²) in [6.07, 6.45) is 4.18. The van der Waals surface area contributed by atoms with E-state index in [0.29, 0.717) is 25.6 Å². The first kappa shape index (κ1) is 18.3. The second-order valence-corrected chi connectivity index (χ2v) is 7.39. The molecule has 2 rings (SSSR count). The maximum atomic E-state index is 12.2. The van der Waals surface area contributed by atoms with Gasteiger partial charge in [0.05, 0.1) is 6.61 Å². The fourth-order valence-corrected chi connectivity index (χ4v) is 3.13. The number of hydrogen-bond acceptors (Lipinski definition) is 4. The number of likely N-dealkylation sites (tertiary alicyclic amines) is 1. The second kappa shape index (κ2) is 7.66. The zero-order chi connectivity index (χ0) is 17.0. The highest BCUT2D eigenvalue weighted by atomic mass is 79.9. The van der Waals surface area contributed by atoms with E-state index in [1.807, 2.05) is 31.5 Å². The summed E-state index contributed by atoms with van der Waals surface area (Å²) in [5.41, 5.74) is -0.420. The molecule has 0 spiro atoms. The number of ether oxygens (including phenoxy) is 1. The van der Waals surface area contributed by atoms with Crippen molar-refractivity contribution in [2.24, 2.45) is 0 Å². The van der Waals surface area contributed by atoms with Gasteiger partial charge in [0.25, 0.3) is 0 Å². The highest BCUT2D eigenvalue weighted by molar-refractivity contribution is 9.10. The van der Waals surface area contributed by atoms with Crippen molar-refractivity contribution in [3.63, 3.8) is 0 Å². The molecular weight excluding hydrogens is 362 g/mol. The molecule has 0 saturated carbocycles. The maximum absolute atomic E-state index is 12.2. The third kappa shape index (κ3) is 4.70. The summed E-state index contributed by atoms with van der Waals surface area (Å²) in [6, 6.07) is 0. The van der Waals surface area contributed by atoms with E-state index in [9.17, 15) is 4.79 Å². The summed E-state index contributed by atoms with van der Waals surface area (Å²) in [5.74, 6) is 1.28. The number of hydrogen-bond donors (Lipinski definition) is 1. The van der Waals surface area contributed by atoms with Gasteiger partial charge in [-0.2, -0.15) is 0 Å². The highest BCUT2D eigenvalue weighted by Crippen LogP contribution is 2.29. The van der Waals surface area contributed by atoms with Crippen LogP contribution in [0, 0.1) is 0 Å². The van der Waals surface area contributed by atoms with E-state index >= 15 is 0 Å². The molecule has 0 unspecified atom stereocenters. The lowest BCUT2D eigenvalue weighted by molar-refractivity contribution is 0.00730. The standard InChI is InChI=1S/C16H26BrN3O3/c1-4-16(2,3)23-15(22)19-7-5-12(6-8-19)14-18-13(17)11-20(14)9-10-21/h11-12,21H,4-10H2,1-3H3. The monoisotopic (exact) mass is 387 g/mol. The Morgan fingerprint density at radius 3 is 2.70 bits per heavy atom. The van der Waals surface area contributed by atoms with Gasteiger partial charge in [0.15, 0.2) is 0 Å². The molecule has 1 aliphatic heterocycles. The molecule has 1 N–H and O–H groups in total. The molecule has 130 valence electrons. The normalized spacial score (nSPS) is 16.7. The van der Waals surface area contributed by atoms with Crippen LogP contribution >= 0.6 is 15.9 Å². The number of carbonyl (C=O) groups is 1. The number of imidazole rings is 1. The molecule has 7 heteroatoms. The Labute approximate surface area is 146 Å². The first-order chi connectivity index (χ1) is 10.9. The zero-order valence-electron chi connectivity index (χ0n) is 14.1. The van der Waals surface area contributed by atoms with Gasteiger partial charge in [-0.3, -0.25) is 0 Å². The second-order valence-electron chi connectivity index (χ2n) is 6.58. The molecule has 1 aliphatic rings. The summed E-state index contributed by atoms with van der Waals surface area (Å²) >= 11 is 3.40. The predicted molar refractivity (Wildman–Crippen MR) is 91.4 cm³/mol. The summed E-state index contributed by atoms with van der Waals surface area (Å²) in [4.78, 5) is 18.5. The van der Waals surface area contributed by atoms with E-state index < -0.39 is 5.60 Å². The maximum Gasteiger partial charge on any atom is 0.410 e. The number of aliphatic hydroxyl groups excluding tert-OH is 1. The van der Waals surface area contributed by atoms with Crippen LogP contribution < -0.4 is 0 Å². The lowest BCUT2D eigenvalue weighted by Crippen LogP contribution is -2.42. The lowest BCUT2D eigenvalue weighted by Gasteiger charge is -2.34. The molecule has 0 atom stereocenters. The van der Waals surface area contributed by atoms with Crippen LogP contribution in [0.2, 0.25) is 0 Å². The highest BCUT2D eigenvalue weighted by Gasteiger charge is 2.30. The van der Waals surface area contributed by atoms with E-state index in [1.54, 1.807) is 4.90 Å². The fraction of sp³-hybridized carbons (Fsp3) is 0.750. The van der Waals surface area contributed by atoms with Crippen molar-refractivity contribution < 1.29 is 14.6 Å². The molecule has 0 radical (unpaired) electrons. The summed E-state index contributed by atoms with van der Waals surface area (Å²) in [7, 11) is 0. The summed E-state index contributed by atoms with van der Waals surface area (Å²) in [5, 5.41) is 9.16. The minimum atomic E-state index is -0.420. The van der Waals surface area contributed by atoms with Crippen molar-refractivity contribution in [2.45, 2.75) is 58.1 Å². The fourth-order valence-electron chi connectivity index (χ4n) is 2.70. The Balaban J connectivity index is 1.95. The molecule has 6 nitrogen and oxygen atoms in total. The minimum absolute atomic E-state index is 0.0903. The quantitative estimate of drug-likeness (QED) is 0.842. The molecule has 2 heterocycles. The zero-order valence-corrected chi connectivity index (χ0v) is 15.7. The van der Waals surface area contributed by atoms with E-state index in [2.05, 4.69) is 20.9 Å². The Hall–Kier alpha value is -1.08.